The Balaban J connectivity index is 2.72. The van der Waals surface area contributed by atoms with Gasteiger partial charge in [0.05, 0.1) is 5.56 Å². The number of hydrogen-bond acceptors (Lipinski definition) is 4. The number of halogens is 3. The van der Waals surface area contributed by atoms with E-state index in [1.165, 1.54) is 6.07 Å². The van der Waals surface area contributed by atoms with Gasteiger partial charge in [-0.25, -0.2) is 4.98 Å². The molecule has 1 N–H and O–H groups in total. The summed E-state index contributed by atoms with van der Waals surface area (Å²) < 4.78 is 40.3. The highest BCUT2D eigenvalue weighted by atomic mass is 19.4. The number of aliphatic carboxylic acids is 1. The number of likely N-dealkylation sites (N-methyl/N-ethyl adjacent to an activating group) is 1. The normalized spacial score (nSPS) is 11.0. The Morgan fingerprint density at radius 2 is 2.05 bits per heavy atom. The molecule has 0 atom stereocenters. The molecule has 0 bridgehead atoms. The molecule has 1 aromatic rings. The summed E-state index contributed by atoms with van der Waals surface area (Å²) in [7, 11) is 0. The van der Waals surface area contributed by atoms with Crippen LogP contribution in [0.15, 0.2) is 18.3 Å². The van der Waals surface area contributed by atoms with Crippen LogP contribution in [0.4, 0.5) is 13.2 Å². The van der Waals surface area contributed by atoms with Gasteiger partial charge in [-0.05, 0) is 13.0 Å². The van der Waals surface area contributed by atoms with Crippen LogP contribution in [0.5, 0.6) is 5.88 Å². The summed E-state index contributed by atoms with van der Waals surface area (Å²) in [6.07, 6.45) is -3.44. The summed E-state index contributed by atoms with van der Waals surface area (Å²) in [6, 6.07) is 2.35. The zero-order valence-corrected chi connectivity index (χ0v) is 11.1. The molecule has 1 heterocycles. The van der Waals surface area contributed by atoms with Gasteiger partial charge in [0.1, 0.15) is 6.54 Å². The van der Waals surface area contributed by atoms with Crippen molar-refractivity contribution in [3.63, 3.8) is 0 Å². The van der Waals surface area contributed by atoms with Crippen molar-refractivity contribution in [2.24, 2.45) is 0 Å². The second-order valence-electron chi connectivity index (χ2n) is 4.00. The van der Waals surface area contributed by atoms with Crippen molar-refractivity contribution in [2.45, 2.75) is 13.1 Å². The van der Waals surface area contributed by atoms with Crippen LogP contribution in [0.25, 0.3) is 0 Å². The fourth-order valence-corrected chi connectivity index (χ4v) is 1.42. The first kappa shape index (κ1) is 16.7. The smallest absolute Gasteiger partial charge is 0.422 e. The average Bonchev–Trinajstić information content (AvgIpc) is 2.41. The first-order chi connectivity index (χ1) is 9.73. The van der Waals surface area contributed by atoms with Gasteiger partial charge in [0.25, 0.3) is 5.91 Å². The van der Waals surface area contributed by atoms with Crippen LogP contribution in [0.3, 0.4) is 0 Å². The molecule has 9 heteroatoms. The predicted octanol–water partition coefficient (Wildman–Crippen LogP) is 1.57. The van der Waals surface area contributed by atoms with Crippen LogP contribution in [0.1, 0.15) is 17.3 Å². The van der Waals surface area contributed by atoms with E-state index in [4.69, 9.17) is 5.11 Å². The van der Waals surface area contributed by atoms with Gasteiger partial charge in [0, 0.05) is 18.8 Å². The lowest BCUT2D eigenvalue weighted by Gasteiger charge is -2.18. The van der Waals surface area contributed by atoms with Crippen LogP contribution in [-0.2, 0) is 4.79 Å². The highest BCUT2D eigenvalue weighted by Crippen LogP contribution is 2.17. The summed E-state index contributed by atoms with van der Waals surface area (Å²) in [5.41, 5.74) is 0.0671. The first-order valence-corrected chi connectivity index (χ1v) is 5.89. The summed E-state index contributed by atoms with van der Waals surface area (Å²) in [5, 5.41) is 8.67. The summed E-state index contributed by atoms with van der Waals surface area (Å²) in [4.78, 5) is 27.2. The number of carboxylic acid groups (broad SMARTS) is 1. The largest absolute Gasteiger partial charge is 0.480 e. The highest BCUT2D eigenvalue weighted by Gasteiger charge is 2.28. The number of pyridine rings is 1. The number of aromatic nitrogens is 1. The Labute approximate surface area is 118 Å². The number of carbonyl (C=O) groups is 2. The van der Waals surface area contributed by atoms with E-state index >= 15 is 0 Å². The molecule has 0 saturated carbocycles. The molecule has 116 valence electrons. The molecule has 1 aromatic heterocycles. The lowest BCUT2D eigenvalue weighted by molar-refractivity contribution is -0.154. The van der Waals surface area contributed by atoms with Gasteiger partial charge in [0.15, 0.2) is 6.61 Å². The second kappa shape index (κ2) is 6.91. The third-order valence-corrected chi connectivity index (χ3v) is 2.36. The number of rotatable bonds is 6. The number of ether oxygens (including phenoxy) is 1. The summed E-state index contributed by atoms with van der Waals surface area (Å²) >= 11 is 0. The molecule has 1 amide bonds. The Morgan fingerprint density at radius 1 is 1.38 bits per heavy atom. The number of carboxylic acids is 1. The minimum atomic E-state index is -4.48. The van der Waals surface area contributed by atoms with E-state index in [9.17, 15) is 22.8 Å². The van der Waals surface area contributed by atoms with Crippen molar-refractivity contribution in [3.8, 4) is 5.88 Å². The van der Waals surface area contributed by atoms with E-state index in [0.717, 1.165) is 17.2 Å². The zero-order valence-electron chi connectivity index (χ0n) is 11.1. The lowest BCUT2D eigenvalue weighted by atomic mass is 10.2. The van der Waals surface area contributed by atoms with E-state index in [2.05, 4.69) is 9.72 Å². The topological polar surface area (TPSA) is 79.7 Å². The molecule has 1 rings (SSSR count). The first-order valence-electron chi connectivity index (χ1n) is 5.89. The number of hydrogen-bond donors (Lipinski definition) is 1. The molecule has 0 unspecified atom stereocenters. The number of nitrogens with zero attached hydrogens (tertiary/aromatic N) is 2. The van der Waals surface area contributed by atoms with Gasteiger partial charge < -0.3 is 14.7 Å². The van der Waals surface area contributed by atoms with Crippen molar-refractivity contribution >= 4 is 11.9 Å². The Kier molecular flexibility index (Phi) is 5.51. The predicted molar refractivity (Wildman–Crippen MR) is 65.0 cm³/mol. The standard InChI is InChI=1S/C12H13F3N2O4/c1-2-17(6-10(18)19)11(20)8-3-4-9(16-5-8)21-7-12(13,14)15/h3-5H,2,6-7H2,1H3,(H,18,19). The van der Waals surface area contributed by atoms with E-state index in [-0.39, 0.29) is 18.0 Å². The number of alkyl halides is 3. The van der Waals surface area contributed by atoms with Crippen molar-refractivity contribution in [3.05, 3.63) is 23.9 Å². The lowest BCUT2D eigenvalue weighted by Crippen LogP contribution is -2.35. The molecule has 0 fully saturated rings. The maximum Gasteiger partial charge on any atom is 0.422 e. The van der Waals surface area contributed by atoms with Gasteiger partial charge in [-0.2, -0.15) is 13.2 Å². The molecule has 21 heavy (non-hydrogen) atoms. The Morgan fingerprint density at radius 3 is 2.48 bits per heavy atom. The van der Waals surface area contributed by atoms with Crippen LogP contribution in [-0.4, -0.2) is 52.7 Å². The van der Waals surface area contributed by atoms with Gasteiger partial charge in [0.2, 0.25) is 5.88 Å². The van der Waals surface area contributed by atoms with Crippen LogP contribution >= 0.6 is 0 Å². The van der Waals surface area contributed by atoms with Gasteiger partial charge >= 0.3 is 12.1 Å². The third-order valence-electron chi connectivity index (χ3n) is 2.36. The summed E-state index contributed by atoms with van der Waals surface area (Å²) in [6.45, 7) is -0.165. The fraction of sp³-hybridized carbons (Fsp3) is 0.417. The van der Waals surface area contributed by atoms with Crippen molar-refractivity contribution in [1.82, 2.24) is 9.88 Å². The molecule has 0 aliphatic carbocycles. The molecule has 6 nitrogen and oxygen atoms in total. The van der Waals surface area contributed by atoms with Crippen LogP contribution < -0.4 is 4.74 Å². The second-order valence-corrected chi connectivity index (χ2v) is 4.00. The zero-order chi connectivity index (χ0) is 16.0. The number of amides is 1. The van der Waals surface area contributed by atoms with Gasteiger partial charge in [-0.1, -0.05) is 0 Å². The quantitative estimate of drug-likeness (QED) is 0.863. The van der Waals surface area contributed by atoms with E-state index in [0.29, 0.717) is 0 Å². The average molecular weight is 306 g/mol. The van der Waals surface area contributed by atoms with Crippen molar-refractivity contribution in [1.29, 1.82) is 0 Å². The minimum Gasteiger partial charge on any atom is -0.480 e. The molecule has 0 radical (unpaired) electrons. The molecule has 0 aromatic carbocycles. The van der Waals surface area contributed by atoms with E-state index in [1.807, 2.05) is 0 Å². The van der Waals surface area contributed by atoms with Crippen LogP contribution in [0, 0.1) is 0 Å². The minimum absolute atomic E-state index is 0.0671. The Hall–Kier alpha value is -2.32. The maximum atomic E-state index is 12.0. The number of carbonyl (C=O) groups excluding carboxylic acids is 1. The van der Waals surface area contributed by atoms with Crippen molar-refractivity contribution in [2.75, 3.05) is 19.7 Å². The van der Waals surface area contributed by atoms with E-state index < -0.39 is 31.2 Å². The van der Waals surface area contributed by atoms with Gasteiger partial charge in [-0.3, -0.25) is 9.59 Å². The SMILES string of the molecule is CCN(CC(=O)O)C(=O)c1ccc(OCC(F)(F)F)nc1. The molecule has 0 aliphatic heterocycles. The van der Waals surface area contributed by atoms with Gasteiger partial charge in [-0.15, -0.1) is 0 Å². The monoisotopic (exact) mass is 306 g/mol. The molecule has 0 spiro atoms. The maximum absolute atomic E-state index is 12.0. The molecular weight excluding hydrogens is 293 g/mol. The highest BCUT2D eigenvalue weighted by molar-refractivity contribution is 5.95. The molecule has 0 saturated heterocycles. The summed E-state index contributed by atoms with van der Waals surface area (Å²) in [5.74, 6) is -2.01. The Bertz CT molecular complexity index is 502. The fourth-order valence-electron chi connectivity index (χ4n) is 1.42. The van der Waals surface area contributed by atoms with Crippen molar-refractivity contribution < 1.29 is 32.6 Å². The van der Waals surface area contributed by atoms with E-state index in [1.54, 1.807) is 6.92 Å². The van der Waals surface area contributed by atoms with Crippen LogP contribution in [0.2, 0.25) is 0 Å². The third kappa shape index (κ3) is 5.67. The molecule has 0 aliphatic rings. The molecular formula is C12H13F3N2O4.